The molecule has 0 radical (unpaired) electrons. The minimum absolute atomic E-state index is 0.0560. The van der Waals surface area contributed by atoms with Gasteiger partial charge in [0.2, 0.25) is 0 Å². The molecule has 7 heteroatoms. The van der Waals surface area contributed by atoms with Gasteiger partial charge in [-0.05, 0) is 66.9 Å². The quantitative estimate of drug-likeness (QED) is 0.615. The molecule has 0 aromatic heterocycles. The van der Waals surface area contributed by atoms with Crippen LogP contribution < -0.4 is 10.6 Å². The van der Waals surface area contributed by atoms with E-state index in [2.05, 4.69) is 10.6 Å². The van der Waals surface area contributed by atoms with E-state index < -0.39 is 10.8 Å². The predicted molar refractivity (Wildman–Crippen MR) is 127 cm³/mol. The molecule has 6 nitrogen and oxygen atoms in total. The van der Waals surface area contributed by atoms with Gasteiger partial charge < -0.3 is 15.5 Å². The van der Waals surface area contributed by atoms with Crippen LogP contribution in [0.25, 0.3) is 0 Å². The van der Waals surface area contributed by atoms with Crippen molar-refractivity contribution in [2.75, 3.05) is 23.4 Å². The van der Waals surface area contributed by atoms with Crippen LogP contribution in [0.2, 0.25) is 0 Å². The third-order valence-corrected chi connectivity index (χ3v) is 6.48. The van der Waals surface area contributed by atoms with Gasteiger partial charge in [0.05, 0.1) is 0 Å². The Morgan fingerprint density at radius 1 is 0.938 bits per heavy atom. The average molecular weight is 448 g/mol. The van der Waals surface area contributed by atoms with Gasteiger partial charge in [-0.2, -0.15) is 0 Å². The number of benzene rings is 3. The Balaban J connectivity index is 1.45. The van der Waals surface area contributed by atoms with Crippen molar-refractivity contribution in [2.45, 2.75) is 24.8 Å². The highest BCUT2D eigenvalue weighted by atomic mass is 32.2. The van der Waals surface area contributed by atoms with Crippen LogP contribution in [0.15, 0.2) is 71.6 Å². The van der Waals surface area contributed by atoms with Crippen molar-refractivity contribution in [3.63, 3.8) is 0 Å². The predicted octanol–water partition coefficient (Wildman–Crippen LogP) is 4.57. The molecule has 32 heavy (non-hydrogen) atoms. The molecule has 1 heterocycles. The normalized spacial score (nSPS) is 13.8. The molecule has 1 aliphatic heterocycles. The van der Waals surface area contributed by atoms with Gasteiger partial charge in [-0.25, -0.2) is 4.79 Å². The molecule has 1 aliphatic rings. The molecule has 3 aromatic carbocycles. The second-order valence-corrected chi connectivity index (χ2v) is 9.22. The summed E-state index contributed by atoms with van der Waals surface area (Å²) in [6.45, 7) is 3.03. The molecule has 3 amide bonds. The van der Waals surface area contributed by atoms with E-state index in [1.807, 2.05) is 49.4 Å². The maximum atomic E-state index is 13.0. The fourth-order valence-electron chi connectivity index (χ4n) is 3.79. The van der Waals surface area contributed by atoms with Crippen LogP contribution in [0.3, 0.4) is 0 Å². The third-order valence-electron chi connectivity index (χ3n) is 5.54. The number of nitrogens with one attached hydrogen (secondary N) is 2. The number of carbonyl (C=O) groups excluding carboxylic acids is 2. The van der Waals surface area contributed by atoms with Crippen molar-refractivity contribution in [2.24, 2.45) is 0 Å². The van der Waals surface area contributed by atoms with E-state index in [1.165, 1.54) is 0 Å². The SMILES string of the molecule is Cc1ccc(NC(=O)Nc2cccc3c2CCN(C(=O)c2ccc(S(C)=O)cc2)C3)cc1. The monoisotopic (exact) mass is 447 g/mol. The van der Waals surface area contributed by atoms with E-state index in [9.17, 15) is 13.8 Å². The minimum atomic E-state index is -1.07. The molecule has 2 N–H and O–H groups in total. The minimum Gasteiger partial charge on any atom is -0.334 e. The van der Waals surface area contributed by atoms with Crippen molar-refractivity contribution < 1.29 is 13.8 Å². The van der Waals surface area contributed by atoms with E-state index in [1.54, 1.807) is 35.4 Å². The number of fused-ring (bicyclic) bond motifs is 1. The lowest BCUT2D eigenvalue weighted by molar-refractivity contribution is 0.0734. The zero-order chi connectivity index (χ0) is 22.7. The molecule has 1 atom stereocenters. The molecule has 0 fully saturated rings. The first kappa shape index (κ1) is 21.8. The molecular formula is C25H25N3O3S. The number of amides is 3. The Kier molecular flexibility index (Phi) is 6.37. The summed E-state index contributed by atoms with van der Waals surface area (Å²) in [7, 11) is -1.07. The molecule has 0 aliphatic carbocycles. The molecule has 4 rings (SSSR count). The van der Waals surface area contributed by atoms with Gasteiger partial charge in [0.15, 0.2) is 0 Å². The lowest BCUT2D eigenvalue weighted by Gasteiger charge is -2.30. The Hall–Kier alpha value is -3.45. The van der Waals surface area contributed by atoms with Gasteiger partial charge in [0, 0.05) is 52.0 Å². The Morgan fingerprint density at radius 2 is 1.66 bits per heavy atom. The summed E-state index contributed by atoms with van der Waals surface area (Å²) in [5.41, 5.74) is 5.26. The Morgan fingerprint density at radius 3 is 2.34 bits per heavy atom. The van der Waals surface area contributed by atoms with Gasteiger partial charge in [-0.15, -0.1) is 0 Å². The van der Waals surface area contributed by atoms with Crippen LogP contribution in [-0.2, 0) is 23.8 Å². The Bertz CT molecular complexity index is 1170. The maximum Gasteiger partial charge on any atom is 0.323 e. The number of rotatable bonds is 4. The van der Waals surface area contributed by atoms with Gasteiger partial charge in [0.1, 0.15) is 0 Å². The van der Waals surface area contributed by atoms with E-state index in [4.69, 9.17) is 0 Å². The summed E-state index contributed by atoms with van der Waals surface area (Å²) in [5.74, 6) is -0.0560. The lowest BCUT2D eigenvalue weighted by Crippen LogP contribution is -2.36. The topological polar surface area (TPSA) is 78.5 Å². The number of nitrogens with zero attached hydrogens (tertiary/aromatic N) is 1. The zero-order valence-corrected chi connectivity index (χ0v) is 18.9. The standard InChI is InChI=1S/C25H25N3O3S/c1-17-6-10-20(11-7-17)26-25(30)27-23-5-3-4-19-16-28(15-14-22(19)23)24(29)18-8-12-21(13-9-18)32(2)31/h3-13H,14-16H2,1-2H3,(H2,26,27,30). The van der Waals surface area contributed by atoms with E-state index in [-0.39, 0.29) is 11.9 Å². The summed E-state index contributed by atoms with van der Waals surface area (Å²) in [6, 6.07) is 20.0. The van der Waals surface area contributed by atoms with Gasteiger partial charge in [-0.3, -0.25) is 9.00 Å². The van der Waals surface area contributed by atoms with E-state index in [0.29, 0.717) is 30.0 Å². The van der Waals surface area contributed by atoms with Crippen molar-refractivity contribution >= 4 is 34.1 Å². The lowest BCUT2D eigenvalue weighted by atomic mass is 9.97. The van der Waals surface area contributed by atoms with Crippen LogP contribution in [-0.4, -0.2) is 33.8 Å². The summed E-state index contributed by atoms with van der Waals surface area (Å²) in [5, 5.41) is 5.79. The second-order valence-electron chi connectivity index (χ2n) is 7.84. The molecule has 1 unspecified atom stereocenters. The van der Waals surface area contributed by atoms with Crippen molar-refractivity contribution in [1.82, 2.24) is 4.90 Å². The fraction of sp³-hybridized carbons (Fsp3) is 0.200. The molecule has 164 valence electrons. The van der Waals surface area contributed by atoms with E-state index >= 15 is 0 Å². The second kappa shape index (κ2) is 9.36. The number of anilines is 2. The summed E-state index contributed by atoms with van der Waals surface area (Å²) < 4.78 is 11.6. The largest absolute Gasteiger partial charge is 0.334 e. The smallest absolute Gasteiger partial charge is 0.323 e. The van der Waals surface area contributed by atoms with E-state index in [0.717, 1.165) is 28.1 Å². The van der Waals surface area contributed by atoms with Gasteiger partial charge in [0.25, 0.3) is 5.91 Å². The fourth-order valence-corrected chi connectivity index (χ4v) is 4.31. The number of hydrogen-bond donors (Lipinski definition) is 2. The zero-order valence-electron chi connectivity index (χ0n) is 18.1. The highest BCUT2D eigenvalue weighted by Gasteiger charge is 2.24. The van der Waals surface area contributed by atoms with Crippen LogP contribution in [0.4, 0.5) is 16.2 Å². The van der Waals surface area contributed by atoms with Crippen LogP contribution in [0.5, 0.6) is 0 Å². The first-order chi connectivity index (χ1) is 15.4. The first-order valence-corrected chi connectivity index (χ1v) is 11.9. The number of aryl methyl sites for hydroxylation is 1. The van der Waals surface area contributed by atoms with Crippen molar-refractivity contribution in [3.05, 3.63) is 89.0 Å². The molecule has 0 saturated heterocycles. The van der Waals surface area contributed by atoms with Crippen molar-refractivity contribution in [1.29, 1.82) is 0 Å². The Labute approximate surface area is 190 Å². The highest BCUT2D eigenvalue weighted by Crippen LogP contribution is 2.27. The highest BCUT2D eigenvalue weighted by molar-refractivity contribution is 7.84. The summed E-state index contributed by atoms with van der Waals surface area (Å²) in [4.78, 5) is 27.9. The van der Waals surface area contributed by atoms with Gasteiger partial charge in [-0.1, -0.05) is 29.8 Å². The molecule has 3 aromatic rings. The number of urea groups is 1. The first-order valence-electron chi connectivity index (χ1n) is 10.4. The maximum absolute atomic E-state index is 13.0. The van der Waals surface area contributed by atoms with Crippen LogP contribution in [0, 0.1) is 6.92 Å². The van der Waals surface area contributed by atoms with Crippen molar-refractivity contribution in [3.8, 4) is 0 Å². The summed E-state index contributed by atoms with van der Waals surface area (Å²) in [6.07, 6.45) is 2.27. The summed E-state index contributed by atoms with van der Waals surface area (Å²) >= 11 is 0. The van der Waals surface area contributed by atoms with Gasteiger partial charge >= 0.3 is 6.03 Å². The van der Waals surface area contributed by atoms with Crippen LogP contribution >= 0.6 is 0 Å². The van der Waals surface area contributed by atoms with Crippen LogP contribution in [0.1, 0.15) is 27.0 Å². The molecule has 0 spiro atoms. The molecule has 0 bridgehead atoms. The number of carbonyl (C=O) groups is 2. The number of hydrogen-bond acceptors (Lipinski definition) is 3. The molecule has 0 saturated carbocycles. The average Bonchev–Trinajstić information content (AvgIpc) is 2.80. The third kappa shape index (κ3) is 4.89. The molecular weight excluding hydrogens is 422 g/mol.